The lowest BCUT2D eigenvalue weighted by Crippen LogP contribution is -2.21. The highest BCUT2D eigenvalue weighted by atomic mass is 16.1. The van der Waals surface area contributed by atoms with Gasteiger partial charge in [0.2, 0.25) is 5.95 Å². The molecule has 0 atom stereocenters. The van der Waals surface area contributed by atoms with Crippen molar-refractivity contribution in [3.8, 4) is 22.9 Å². The van der Waals surface area contributed by atoms with Crippen LogP contribution in [0.5, 0.6) is 0 Å². The zero-order chi connectivity index (χ0) is 26.6. The molecule has 188 valence electrons. The van der Waals surface area contributed by atoms with Gasteiger partial charge < -0.3 is 0 Å². The largest absolute Gasteiger partial charge is 0.268 e. The van der Waals surface area contributed by atoms with Crippen LogP contribution in [-0.4, -0.2) is 19.1 Å². The molecule has 0 aliphatic rings. The molecule has 0 fully saturated rings. The lowest BCUT2D eigenvalue weighted by atomic mass is 10.1. The molecule has 5 aromatic carbocycles. The predicted octanol–water partition coefficient (Wildman–Crippen LogP) is 7.70. The lowest BCUT2D eigenvalue weighted by Gasteiger charge is -2.15. The lowest BCUT2D eigenvalue weighted by molar-refractivity contribution is 0.946. The summed E-state index contributed by atoms with van der Waals surface area (Å²) >= 11 is 0. The van der Waals surface area contributed by atoms with E-state index in [4.69, 9.17) is 9.97 Å². The van der Waals surface area contributed by atoms with Crippen molar-refractivity contribution in [2.24, 2.45) is 0 Å². The maximum Gasteiger partial charge on any atom is 0.264 e. The van der Waals surface area contributed by atoms with Crippen LogP contribution >= 0.6 is 0 Å². The third-order valence-electron chi connectivity index (χ3n) is 7.54. The first-order chi connectivity index (χ1) is 19.8. The number of benzene rings is 5. The summed E-state index contributed by atoms with van der Waals surface area (Å²) in [4.78, 5) is 24.5. The van der Waals surface area contributed by atoms with Crippen LogP contribution < -0.4 is 5.56 Å². The Hall–Kier alpha value is -5.55. The molecule has 8 aromatic rings. The second-order valence-electron chi connectivity index (χ2n) is 9.83. The molecule has 0 spiro atoms. The molecule has 3 heterocycles. The van der Waals surface area contributed by atoms with Crippen LogP contribution in [0.15, 0.2) is 138 Å². The number of para-hydroxylation sites is 3. The van der Waals surface area contributed by atoms with E-state index in [9.17, 15) is 4.79 Å². The van der Waals surface area contributed by atoms with Crippen molar-refractivity contribution in [1.82, 2.24) is 19.1 Å². The summed E-state index contributed by atoms with van der Waals surface area (Å²) < 4.78 is 3.85. The maximum atomic E-state index is 14.2. The number of rotatable bonds is 3. The fourth-order valence-electron chi connectivity index (χ4n) is 5.81. The van der Waals surface area contributed by atoms with E-state index >= 15 is 0 Å². The molecule has 40 heavy (non-hydrogen) atoms. The van der Waals surface area contributed by atoms with Gasteiger partial charge in [-0.25, -0.2) is 9.97 Å². The Kier molecular flexibility index (Phi) is 4.91. The Balaban J connectivity index is 1.62. The summed E-state index contributed by atoms with van der Waals surface area (Å²) in [6.07, 6.45) is 0. The Morgan fingerprint density at radius 1 is 0.500 bits per heavy atom. The molecule has 3 aromatic heterocycles. The minimum atomic E-state index is -0.0811. The van der Waals surface area contributed by atoms with E-state index in [-0.39, 0.29) is 5.56 Å². The average Bonchev–Trinajstić information content (AvgIpc) is 3.36. The van der Waals surface area contributed by atoms with E-state index in [0.29, 0.717) is 11.3 Å². The monoisotopic (exact) mass is 514 g/mol. The second-order valence-corrected chi connectivity index (χ2v) is 9.83. The van der Waals surface area contributed by atoms with Gasteiger partial charge in [-0.3, -0.25) is 13.9 Å². The van der Waals surface area contributed by atoms with Crippen molar-refractivity contribution in [2.75, 3.05) is 0 Å². The van der Waals surface area contributed by atoms with Crippen molar-refractivity contribution < 1.29 is 0 Å². The van der Waals surface area contributed by atoms with Crippen molar-refractivity contribution in [3.63, 3.8) is 0 Å². The number of hydrogen-bond donors (Lipinski definition) is 0. The molecule has 0 aliphatic carbocycles. The molecule has 5 heteroatoms. The van der Waals surface area contributed by atoms with Gasteiger partial charge in [-0.15, -0.1) is 0 Å². The SMILES string of the molecule is O=c1c2ccccc2c2c3ccccc3n(-c3nc(-c4ccccc4)c4ccccc4n3)c2n1-c1ccccc1. The molecule has 8 rings (SSSR count). The highest BCUT2D eigenvalue weighted by Crippen LogP contribution is 2.37. The van der Waals surface area contributed by atoms with E-state index in [2.05, 4.69) is 30.3 Å². The Morgan fingerprint density at radius 2 is 1.10 bits per heavy atom. The summed E-state index contributed by atoms with van der Waals surface area (Å²) in [7, 11) is 0. The number of aromatic nitrogens is 4. The van der Waals surface area contributed by atoms with Gasteiger partial charge in [-0.1, -0.05) is 103 Å². The van der Waals surface area contributed by atoms with Crippen LogP contribution in [0.2, 0.25) is 0 Å². The topological polar surface area (TPSA) is 52.7 Å². The van der Waals surface area contributed by atoms with E-state index in [0.717, 1.165) is 55.2 Å². The summed E-state index contributed by atoms with van der Waals surface area (Å²) in [5.41, 5.74) is 5.08. The van der Waals surface area contributed by atoms with Crippen molar-refractivity contribution in [2.45, 2.75) is 0 Å². The molecule has 0 N–H and O–H groups in total. The normalized spacial score (nSPS) is 11.6. The molecule has 0 unspecified atom stereocenters. The first-order valence-electron chi connectivity index (χ1n) is 13.2. The summed E-state index contributed by atoms with van der Waals surface area (Å²) in [5, 5.41) is 4.59. The van der Waals surface area contributed by atoms with Crippen molar-refractivity contribution in [1.29, 1.82) is 0 Å². The molecule has 0 radical (unpaired) electrons. The molecule has 0 amide bonds. The van der Waals surface area contributed by atoms with E-state index in [1.54, 1.807) is 4.57 Å². The van der Waals surface area contributed by atoms with Gasteiger partial charge in [0.05, 0.1) is 22.4 Å². The number of hydrogen-bond acceptors (Lipinski definition) is 3. The van der Waals surface area contributed by atoms with Gasteiger partial charge in [-0.2, -0.15) is 0 Å². The quantitative estimate of drug-likeness (QED) is 0.243. The van der Waals surface area contributed by atoms with E-state index in [1.807, 2.05) is 108 Å². The van der Waals surface area contributed by atoms with Crippen molar-refractivity contribution >= 4 is 43.6 Å². The first-order valence-corrected chi connectivity index (χ1v) is 13.2. The van der Waals surface area contributed by atoms with Crippen LogP contribution in [0.25, 0.3) is 66.5 Å². The van der Waals surface area contributed by atoms with Gasteiger partial charge in [-0.05, 0) is 35.7 Å². The van der Waals surface area contributed by atoms with Crippen LogP contribution in [0.4, 0.5) is 0 Å². The maximum absolute atomic E-state index is 14.2. The highest BCUT2D eigenvalue weighted by molar-refractivity contribution is 6.20. The third kappa shape index (κ3) is 3.25. The minimum absolute atomic E-state index is 0.0811. The smallest absolute Gasteiger partial charge is 0.264 e. The Labute approximate surface area is 229 Å². The predicted molar refractivity (Wildman–Crippen MR) is 162 cm³/mol. The number of pyridine rings is 1. The second kappa shape index (κ2) is 8.75. The fourth-order valence-corrected chi connectivity index (χ4v) is 5.81. The summed E-state index contributed by atoms with van der Waals surface area (Å²) in [5.74, 6) is 0.517. The van der Waals surface area contributed by atoms with Crippen LogP contribution in [0, 0.1) is 0 Å². The van der Waals surface area contributed by atoms with Crippen LogP contribution in [-0.2, 0) is 0 Å². The molecule has 0 aliphatic heterocycles. The van der Waals surface area contributed by atoms with E-state index < -0.39 is 0 Å². The molecule has 5 nitrogen and oxygen atoms in total. The Morgan fingerprint density at radius 3 is 1.88 bits per heavy atom. The van der Waals surface area contributed by atoms with Gasteiger partial charge in [0, 0.05) is 27.1 Å². The summed E-state index contributed by atoms with van der Waals surface area (Å²) in [6.45, 7) is 0. The molecule has 0 bridgehead atoms. The Bertz CT molecular complexity index is 2280. The standard InChI is InChI=1S/C35H22N4O/c40-34-26-18-8-7-17-25(26)31-28-20-10-12-22-30(28)39(33(31)38(34)24-15-5-2-6-16-24)35-36-29-21-11-9-19-27(29)32(37-35)23-13-3-1-4-14-23/h1-22H. The highest BCUT2D eigenvalue weighted by Gasteiger charge is 2.23. The van der Waals surface area contributed by atoms with Crippen LogP contribution in [0.1, 0.15) is 0 Å². The van der Waals surface area contributed by atoms with Gasteiger partial charge in [0.25, 0.3) is 5.56 Å². The van der Waals surface area contributed by atoms with E-state index in [1.165, 1.54) is 0 Å². The number of fused-ring (bicyclic) bond motifs is 6. The zero-order valence-electron chi connectivity index (χ0n) is 21.4. The molecule has 0 saturated carbocycles. The van der Waals surface area contributed by atoms with Gasteiger partial charge in [0.1, 0.15) is 5.65 Å². The molecule has 0 saturated heterocycles. The minimum Gasteiger partial charge on any atom is -0.268 e. The zero-order valence-corrected chi connectivity index (χ0v) is 21.4. The first kappa shape index (κ1) is 22.4. The molecular weight excluding hydrogens is 492 g/mol. The van der Waals surface area contributed by atoms with Crippen molar-refractivity contribution in [3.05, 3.63) is 144 Å². The van der Waals surface area contributed by atoms with Gasteiger partial charge in [0.15, 0.2) is 0 Å². The fraction of sp³-hybridized carbons (Fsp3) is 0. The number of nitrogens with zero attached hydrogens (tertiary/aromatic N) is 4. The van der Waals surface area contributed by atoms with Gasteiger partial charge >= 0.3 is 0 Å². The average molecular weight is 515 g/mol. The third-order valence-corrected chi connectivity index (χ3v) is 7.54. The van der Waals surface area contributed by atoms with Crippen LogP contribution in [0.3, 0.4) is 0 Å². The summed E-state index contributed by atoms with van der Waals surface area (Å²) in [6, 6.07) is 44.1. The molecular formula is C35H22N4O.